The quantitative estimate of drug-likeness (QED) is 0.0261. The van der Waals surface area contributed by atoms with E-state index in [9.17, 15) is 14.4 Å². The van der Waals surface area contributed by atoms with Crippen molar-refractivity contribution in [3.05, 3.63) is 72.9 Å². The van der Waals surface area contributed by atoms with Gasteiger partial charge in [-0.15, -0.1) is 0 Å². The maximum absolute atomic E-state index is 12.8. The topological polar surface area (TPSA) is 78.9 Å². The fourth-order valence-electron chi connectivity index (χ4n) is 8.65. The van der Waals surface area contributed by atoms with E-state index in [4.69, 9.17) is 14.2 Å². The minimum atomic E-state index is -0.773. The molecule has 0 bridgehead atoms. The zero-order valence-corrected chi connectivity index (χ0v) is 47.0. The minimum absolute atomic E-state index is 0.0739. The van der Waals surface area contributed by atoms with E-state index in [1.807, 2.05) is 0 Å². The first-order valence-corrected chi connectivity index (χ1v) is 30.4. The van der Waals surface area contributed by atoms with Crippen LogP contribution in [-0.2, 0) is 28.6 Å². The van der Waals surface area contributed by atoms with Crippen LogP contribution in [0.25, 0.3) is 0 Å². The molecule has 6 nitrogen and oxygen atoms in total. The van der Waals surface area contributed by atoms with Crippen molar-refractivity contribution in [1.82, 2.24) is 0 Å². The first kappa shape index (κ1) is 67.8. The summed E-state index contributed by atoms with van der Waals surface area (Å²) in [6.45, 7) is 6.46. The van der Waals surface area contributed by atoms with Crippen LogP contribution in [0.5, 0.6) is 0 Å². The standard InChI is InChI=1S/C65H114O6/c1-4-7-10-13-16-19-22-23-24-25-26-27-28-29-30-31-32-33-34-35-36-37-38-39-40-41-42-43-44-47-49-52-55-58-64(67)70-61-62(71-65(68)59-56-53-50-46-21-18-15-12-9-6-3)60-69-63(66)57-54-51-48-45-20-17-14-11-8-5-2/h7,10,12,15-16,19,23-24,26-27,29-30,62H,4-6,8-9,11,13-14,17-18,20-22,25,28,31-61H2,1-3H3/b10-7-,15-12-,19-16-,24-23-,27-26-,30-29-. The molecule has 0 spiro atoms. The monoisotopic (exact) mass is 991 g/mol. The van der Waals surface area contributed by atoms with Crippen molar-refractivity contribution in [1.29, 1.82) is 0 Å². The summed E-state index contributed by atoms with van der Waals surface area (Å²) in [7, 11) is 0. The Morgan fingerprint density at radius 3 is 0.930 bits per heavy atom. The number of hydrogen-bond acceptors (Lipinski definition) is 6. The molecule has 71 heavy (non-hydrogen) atoms. The van der Waals surface area contributed by atoms with Crippen LogP contribution in [0.1, 0.15) is 303 Å². The SMILES string of the molecule is CC/C=C\C/C=C\C/C=C\C/C=C\C/C=C\CCCCCCCCCCCCCCCCCCCC(=O)OCC(COC(=O)CCCCCCCCCCCC)OC(=O)CCCCCCC/C=C\CCC. The van der Waals surface area contributed by atoms with E-state index >= 15 is 0 Å². The number of rotatable bonds is 55. The highest BCUT2D eigenvalue weighted by atomic mass is 16.6. The van der Waals surface area contributed by atoms with Gasteiger partial charge in [-0.1, -0.05) is 273 Å². The summed E-state index contributed by atoms with van der Waals surface area (Å²) in [5, 5.41) is 0. The smallest absolute Gasteiger partial charge is 0.306 e. The van der Waals surface area contributed by atoms with Gasteiger partial charge >= 0.3 is 17.9 Å². The summed E-state index contributed by atoms with van der Waals surface area (Å²) in [4.78, 5) is 38.0. The number of hydrogen-bond donors (Lipinski definition) is 0. The molecule has 0 saturated heterocycles. The lowest BCUT2D eigenvalue weighted by Crippen LogP contribution is -2.30. The number of esters is 3. The highest BCUT2D eigenvalue weighted by molar-refractivity contribution is 5.71. The van der Waals surface area contributed by atoms with Gasteiger partial charge in [-0.2, -0.15) is 0 Å². The summed E-state index contributed by atoms with van der Waals surface area (Å²) in [6, 6.07) is 0. The summed E-state index contributed by atoms with van der Waals surface area (Å²) < 4.78 is 16.8. The molecular formula is C65H114O6. The van der Waals surface area contributed by atoms with Crippen LogP contribution >= 0.6 is 0 Å². The first-order valence-electron chi connectivity index (χ1n) is 30.4. The lowest BCUT2D eigenvalue weighted by atomic mass is 10.0. The van der Waals surface area contributed by atoms with Crippen molar-refractivity contribution in [2.24, 2.45) is 0 Å². The van der Waals surface area contributed by atoms with Gasteiger partial charge in [0.2, 0.25) is 0 Å². The minimum Gasteiger partial charge on any atom is -0.462 e. The van der Waals surface area contributed by atoms with Crippen LogP contribution in [0.4, 0.5) is 0 Å². The Bertz CT molecular complexity index is 1320. The third-order valence-electron chi connectivity index (χ3n) is 13.2. The van der Waals surface area contributed by atoms with Gasteiger partial charge in [0, 0.05) is 19.3 Å². The Kier molecular flexibility index (Phi) is 56.8. The highest BCUT2D eigenvalue weighted by Crippen LogP contribution is 2.17. The van der Waals surface area contributed by atoms with Gasteiger partial charge in [0.25, 0.3) is 0 Å². The van der Waals surface area contributed by atoms with Gasteiger partial charge in [0.15, 0.2) is 6.10 Å². The van der Waals surface area contributed by atoms with E-state index < -0.39 is 6.10 Å². The molecule has 0 saturated carbocycles. The van der Waals surface area contributed by atoms with Crippen LogP contribution in [0.2, 0.25) is 0 Å². The molecule has 1 atom stereocenters. The number of carbonyl (C=O) groups is 3. The summed E-state index contributed by atoms with van der Waals surface area (Å²) in [6.07, 6.45) is 76.5. The zero-order chi connectivity index (χ0) is 51.4. The van der Waals surface area contributed by atoms with Gasteiger partial charge in [-0.3, -0.25) is 14.4 Å². The molecule has 0 aromatic rings. The van der Waals surface area contributed by atoms with Crippen LogP contribution < -0.4 is 0 Å². The second-order valence-electron chi connectivity index (χ2n) is 20.2. The molecule has 0 aliphatic carbocycles. The molecule has 0 aliphatic rings. The van der Waals surface area contributed by atoms with Crippen LogP contribution in [0.3, 0.4) is 0 Å². The molecule has 0 radical (unpaired) electrons. The summed E-state index contributed by atoms with van der Waals surface area (Å²) >= 11 is 0. The van der Waals surface area contributed by atoms with E-state index in [1.54, 1.807) is 0 Å². The second kappa shape index (κ2) is 59.4. The molecule has 0 amide bonds. The van der Waals surface area contributed by atoms with E-state index in [0.29, 0.717) is 19.3 Å². The lowest BCUT2D eigenvalue weighted by molar-refractivity contribution is -0.167. The van der Waals surface area contributed by atoms with Crippen molar-refractivity contribution in [2.75, 3.05) is 13.2 Å². The summed E-state index contributed by atoms with van der Waals surface area (Å²) in [5.74, 6) is -0.876. The van der Waals surface area contributed by atoms with Crippen LogP contribution in [-0.4, -0.2) is 37.2 Å². The van der Waals surface area contributed by atoms with Crippen molar-refractivity contribution >= 4 is 17.9 Å². The molecule has 0 aliphatic heterocycles. The Hall–Kier alpha value is -3.15. The Balaban J connectivity index is 4.00. The largest absolute Gasteiger partial charge is 0.462 e. The van der Waals surface area contributed by atoms with Crippen molar-refractivity contribution in [3.63, 3.8) is 0 Å². The van der Waals surface area contributed by atoms with E-state index in [1.165, 1.54) is 154 Å². The molecule has 0 fully saturated rings. The molecule has 6 heteroatoms. The zero-order valence-electron chi connectivity index (χ0n) is 47.0. The third-order valence-corrected chi connectivity index (χ3v) is 13.2. The number of unbranched alkanes of at least 4 members (excludes halogenated alkanes) is 32. The molecule has 0 N–H and O–H groups in total. The Morgan fingerprint density at radius 1 is 0.296 bits per heavy atom. The number of ether oxygens (including phenoxy) is 3. The van der Waals surface area contributed by atoms with Gasteiger partial charge < -0.3 is 14.2 Å². The van der Waals surface area contributed by atoms with Crippen molar-refractivity contribution in [3.8, 4) is 0 Å². The van der Waals surface area contributed by atoms with Gasteiger partial charge in [0.1, 0.15) is 13.2 Å². The van der Waals surface area contributed by atoms with Gasteiger partial charge in [-0.05, 0) is 83.5 Å². The van der Waals surface area contributed by atoms with E-state index in [2.05, 4.69) is 93.7 Å². The molecule has 0 heterocycles. The van der Waals surface area contributed by atoms with Gasteiger partial charge in [0.05, 0.1) is 0 Å². The fourth-order valence-corrected chi connectivity index (χ4v) is 8.65. The lowest BCUT2D eigenvalue weighted by Gasteiger charge is -2.18. The van der Waals surface area contributed by atoms with Crippen LogP contribution in [0.15, 0.2) is 72.9 Å². The molecule has 0 aromatic heterocycles. The average molecular weight is 992 g/mol. The average Bonchev–Trinajstić information content (AvgIpc) is 3.37. The first-order chi connectivity index (χ1) is 35.0. The third kappa shape index (κ3) is 57.6. The van der Waals surface area contributed by atoms with E-state index in [-0.39, 0.29) is 31.1 Å². The predicted molar refractivity (Wildman–Crippen MR) is 307 cm³/mol. The molecule has 0 rings (SSSR count). The predicted octanol–water partition coefficient (Wildman–Crippen LogP) is 20.5. The molecule has 0 aromatic carbocycles. The van der Waals surface area contributed by atoms with Crippen LogP contribution in [0, 0.1) is 0 Å². The summed E-state index contributed by atoms with van der Waals surface area (Å²) in [5.41, 5.74) is 0. The fraction of sp³-hybridized carbons (Fsp3) is 0.769. The van der Waals surface area contributed by atoms with E-state index in [0.717, 1.165) is 109 Å². The normalized spacial score (nSPS) is 12.5. The Morgan fingerprint density at radius 2 is 0.577 bits per heavy atom. The second-order valence-corrected chi connectivity index (χ2v) is 20.2. The molecule has 410 valence electrons. The van der Waals surface area contributed by atoms with Crippen molar-refractivity contribution < 1.29 is 28.6 Å². The number of carbonyl (C=O) groups excluding carboxylic acids is 3. The van der Waals surface area contributed by atoms with Gasteiger partial charge in [-0.25, -0.2) is 0 Å². The molecule has 1 unspecified atom stereocenters. The maximum Gasteiger partial charge on any atom is 0.306 e. The van der Waals surface area contributed by atoms with Crippen molar-refractivity contribution in [2.45, 2.75) is 309 Å². The molecular weight excluding hydrogens is 877 g/mol. The number of allylic oxidation sites excluding steroid dienone is 12. The maximum atomic E-state index is 12.8. The Labute approximate surface area is 440 Å². The highest BCUT2D eigenvalue weighted by Gasteiger charge is 2.19.